The van der Waals surface area contributed by atoms with Crippen LogP contribution in [0.4, 0.5) is 0 Å². The molecule has 0 rings (SSSR count). The van der Waals surface area contributed by atoms with Gasteiger partial charge < -0.3 is 19.8 Å². The second-order valence-corrected chi connectivity index (χ2v) is 17.2. The third-order valence-electron chi connectivity index (χ3n) is 9.39. The second-order valence-electron chi connectivity index (χ2n) is 15.7. The molecule has 0 bridgehead atoms. The fourth-order valence-corrected chi connectivity index (χ4v) is 6.67. The summed E-state index contributed by atoms with van der Waals surface area (Å²) < 4.78 is 23.3. The van der Waals surface area contributed by atoms with Crippen LogP contribution in [0.25, 0.3) is 0 Å². The zero-order valence-corrected chi connectivity index (χ0v) is 35.4. The van der Waals surface area contributed by atoms with Gasteiger partial charge in [0.15, 0.2) is 0 Å². The first-order valence-corrected chi connectivity index (χ1v) is 22.8. The average molecular weight is 756 g/mol. The fourth-order valence-electron chi connectivity index (χ4n) is 5.93. The van der Waals surface area contributed by atoms with Crippen molar-refractivity contribution >= 4 is 13.7 Å². The quantitative estimate of drug-likeness (QED) is 0.0251. The zero-order chi connectivity index (χ0) is 38.6. The van der Waals surface area contributed by atoms with Crippen LogP contribution in [0.1, 0.15) is 181 Å². The Morgan fingerprint density at radius 1 is 0.654 bits per heavy atom. The predicted molar refractivity (Wildman–Crippen MR) is 221 cm³/mol. The number of hydrogen-bond acceptors (Lipinski definition) is 5. The van der Waals surface area contributed by atoms with Gasteiger partial charge in [0.25, 0.3) is 0 Å². The van der Waals surface area contributed by atoms with Crippen LogP contribution < -0.4 is 5.32 Å². The molecule has 0 aliphatic rings. The molecule has 0 saturated heterocycles. The Bertz CT molecular complexity index is 948. The van der Waals surface area contributed by atoms with Gasteiger partial charge in [-0.3, -0.25) is 13.8 Å². The lowest BCUT2D eigenvalue weighted by Crippen LogP contribution is -2.46. The molecule has 0 spiro atoms. The van der Waals surface area contributed by atoms with Crippen LogP contribution in [0.2, 0.25) is 0 Å². The van der Waals surface area contributed by atoms with E-state index in [-0.39, 0.29) is 19.1 Å². The number of allylic oxidation sites excluding steroid dienone is 6. The molecule has 0 aliphatic carbocycles. The largest absolute Gasteiger partial charge is 0.472 e. The Kier molecular flexibility index (Phi) is 34.6. The summed E-state index contributed by atoms with van der Waals surface area (Å²) in [6.07, 6.45) is 42.6. The van der Waals surface area contributed by atoms with Crippen molar-refractivity contribution in [1.82, 2.24) is 5.32 Å². The molecule has 3 unspecified atom stereocenters. The molecule has 0 aromatic carbocycles. The smallest absolute Gasteiger partial charge is 0.391 e. The maximum Gasteiger partial charge on any atom is 0.472 e. The number of quaternary nitrogens is 1. The first-order chi connectivity index (χ1) is 25.0. The van der Waals surface area contributed by atoms with Gasteiger partial charge in [0, 0.05) is 6.42 Å². The van der Waals surface area contributed by atoms with Crippen molar-refractivity contribution in [2.75, 3.05) is 40.9 Å². The first-order valence-electron chi connectivity index (χ1n) is 21.4. The molecular formula is C43H84N2O6P+. The highest BCUT2D eigenvalue weighted by Crippen LogP contribution is 2.43. The Balaban J connectivity index is 3.88. The van der Waals surface area contributed by atoms with Gasteiger partial charge in [-0.2, -0.15) is 0 Å². The number of phosphoric ester groups is 1. The number of rotatable bonds is 38. The van der Waals surface area contributed by atoms with E-state index in [0.717, 1.165) is 51.4 Å². The van der Waals surface area contributed by atoms with Crippen LogP contribution in [0.3, 0.4) is 0 Å². The molecule has 0 fully saturated rings. The van der Waals surface area contributed by atoms with Crippen LogP contribution in [-0.2, 0) is 18.4 Å². The summed E-state index contributed by atoms with van der Waals surface area (Å²) in [5.74, 6) is -0.160. The number of carbonyl (C=O) groups excluding carboxylic acids is 1. The minimum Gasteiger partial charge on any atom is -0.391 e. The minimum absolute atomic E-state index is 0.0720. The number of aliphatic hydroxyl groups is 1. The summed E-state index contributed by atoms with van der Waals surface area (Å²) in [4.78, 5) is 22.8. The molecule has 0 aromatic heterocycles. The van der Waals surface area contributed by atoms with Crippen LogP contribution in [-0.4, -0.2) is 73.4 Å². The van der Waals surface area contributed by atoms with Crippen molar-refractivity contribution in [3.8, 4) is 0 Å². The van der Waals surface area contributed by atoms with E-state index in [1.54, 1.807) is 0 Å². The third kappa shape index (κ3) is 37.1. The lowest BCUT2D eigenvalue weighted by Gasteiger charge is -2.26. The molecule has 8 nitrogen and oxygen atoms in total. The van der Waals surface area contributed by atoms with Crippen molar-refractivity contribution in [2.24, 2.45) is 0 Å². The standard InChI is InChI=1S/C43H83N2O6P/c1-6-8-10-11-12-13-14-15-16-17-18-19-20-21-22-23-24-25-26-27-28-29-30-31-32-33-35-37-43(47)44-41(42(46)36-34-9-7-2)40-51-52(48,49)50-39-38-45(3,4)5/h14-15,17-18,20-21,41-42,46H,6-13,16,19,22-40H2,1-5H3,(H-,44,47,48,49)/p+1/b15-14-,18-17-,21-20-. The molecule has 0 aliphatic heterocycles. The van der Waals surface area contributed by atoms with Gasteiger partial charge in [-0.05, 0) is 51.4 Å². The molecule has 306 valence electrons. The van der Waals surface area contributed by atoms with Gasteiger partial charge in [0.2, 0.25) is 5.91 Å². The summed E-state index contributed by atoms with van der Waals surface area (Å²) in [6.45, 7) is 4.70. The Labute approximate surface area is 321 Å². The van der Waals surface area contributed by atoms with Crippen molar-refractivity contribution in [3.63, 3.8) is 0 Å². The lowest BCUT2D eigenvalue weighted by molar-refractivity contribution is -0.870. The van der Waals surface area contributed by atoms with E-state index in [4.69, 9.17) is 9.05 Å². The Morgan fingerprint density at radius 3 is 1.60 bits per heavy atom. The molecule has 0 heterocycles. The number of phosphoric acid groups is 1. The summed E-state index contributed by atoms with van der Waals surface area (Å²) in [6, 6.07) is -0.756. The summed E-state index contributed by atoms with van der Waals surface area (Å²) in [7, 11) is 1.60. The maximum atomic E-state index is 12.7. The normalized spacial score (nSPS) is 14.8. The van der Waals surface area contributed by atoms with Crippen LogP contribution in [0, 0.1) is 0 Å². The number of likely N-dealkylation sites (N-methyl/N-ethyl adjacent to an activating group) is 1. The Hall–Kier alpha value is -1.28. The SMILES string of the molecule is CCCCCCC/C=C\C/C=C\C/C=C\CCCCCCCCCCCCCCC(=O)NC(COP(=O)(O)OCC[N+](C)(C)C)C(O)CCCCC. The van der Waals surface area contributed by atoms with Gasteiger partial charge >= 0.3 is 7.82 Å². The monoisotopic (exact) mass is 756 g/mol. The molecule has 9 heteroatoms. The number of carbonyl (C=O) groups is 1. The van der Waals surface area contributed by atoms with E-state index in [1.165, 1.54) is 103 Å². The Morgan fingerprint density at radius 2 is 1.10 bits per heavy atom. The second kappa shape index (κ2) is 35.4. The van der Waals surface area contributed by atoms with E-state index in [9.17, 15) is 19.4 Å². The molecule has 52 heavy (non-hydrogen) atoms. The lowest BCUT2D eigenvalue weighted by atomic mass is 10.0. The molecule has 3 atom stereocenters. The van der Waals surface area contributed by atoms with E-state index < -0.39 is 20.0 Å². The van der Waals surface area contributed by atoms with Crippen LogP contribution >= 0.6 is 7.82 Å². The molecule has 0 radical (unpaired) electrons. The molecule has 1 amide bonds. The fraction of sp³-hybridized carbons (Fsp3) is 0.837. The number of aliphatic hydroxyl groups excluding tert-OH is 1. The number of nitrogens with one attached hydrogen (secondary N) is 1. The first kappa shape index (κ1) is 50.7. The molecular weight excluding hydrogens is 671 g/mol. The van der Waals surface area contributed by atoms with E-state index in [2.05, 4.69) is 55.6 Å². The van der Waals surface area contributed by atoms with Crippen LogP contribution in [0.15, 0.2) is 36.5 Å². The van der Waals surface area contributed by atoms with Crippen molar-refractivity contribution in [3.05, 3.63) is 36.5 Å². The number of unbranched alkanes of at least 4 members (excludes halogenated alkanes) is 19. The number of amides is 1. The van der Waals surface area contributed by atoms with Crippen molar-refractivity contribution < 1.29 is 32.9 Å². The van der Waals surface area contributed by atoms with E-state index in [0.29, 0.717) is 23.9 Å². The summed E-state index contributed by atoms with van der Waals surface area (Å²) in [5.41, 5.74) is 0. The highest BCUT2D eigenvalue weighted by molar-refractivity contribution is 7.47. The van der Waals surface area contributed by atoms with Gasteiger partial charge in [0.1, 0.15) is 13.2 Å². The van der Waals surface area contributed by atoms with Gasteiger partial charge in [-0.15, -0.1) is 0 Å². The van der Waals surface area contributed by atoms with Crippen LogP contribution in [0.5, 0.6) is 0 Å². The highest BCUT2D eigenvalue weighted by Gasteiger charge is 2.28. The number of hydrogen-bond donors (Lipinski definition) is 3. The number of nitrogens with zero attached hydrogens (tertiary/aromatic N) is 1. The van der Waals surface area contributed by atoms with E-state index in [1.807, 2.05) is 21.1 Å². The average Bonchev–Trinajstić information content (AvgIpc) is 3.09. The molecule has 3 N–H and O–H groups in total. The highest BCUT2D eigenvalue weighted by atomic mass is 31.2. The molecule has 0 aromatic rings. The zero-order valence-electron chi connectivity index (χ0n) is 34.5. The summed E-state index contributed by atoms with van der Waals surface area (Å²) >= 11 is 0. The van der Waals surface area contributed by atoms with E-state index >= 15 is 0 Å². The minimum atomic E-state index is -4.29. The third-order valence-corrected chi connectivity index (χ3v) is 10.4. The summed E-state index contributed by atoms with van der Waals surface area (Å²) in [5, 5.41) is 13.6. The van der Waals surface area contributed by atoms with Crippen molar-refractivity contribution in [2.45, 2.75) is 193 Å². The van der Waals surface area contributed by atoms with Gasteiger partial charge in [-0.1, -0.05) is 159 Å². The van der Waals surface area contributed by atoms with Crippen molar-refractivity contribution in [1.29, 1.82) is 0 Å². The van der Waals surface area contributed by atoms with Gasteiger partial charge in [-0.25, -0.2) is 4.57 Å². The van der Waals surface area contributed by atoms with Gasteiger partial charge in [0.05, 0.1) is 39.9 Å². The maximum absolute atomic E-state index is 12.7. The predicted octanol–water partition coefficient (Wildman–Crippen LogP) is 11.5. The molecule has 0 saturated carbocycles. The topological polar surface area (TPSA) is 105 Å².